The maximum atomic E-state index is 12.4. The Kier molecular flexibility index (Phi) is 5.47. The standard InChI is InChI=1S/C20H21ClN2O3/c1-12-10-15(21)6-9-18(12)26-13(2)19(24)23-17-5-3-4-14(11-17)20(25)22-16-7-8-16/h3-6,9-11,13,16H,7-8H2,1-2H3,(H,22,25)(H,23,24)/t13-/m1/s1. The van der Waals surface area contributed by atoms with E-state index in [2.05, 4.69) is 10.6 Å². The fourth-order valence-corrected chi connectivity index (χ4v) is 2.69. The monoisotopic (exact) mass is 372 g/mol. The number of rotatable bonds is 6. The van der Waals surface area contributed by atoms with Gasteiger partial charge in [0, 0.05) is 22.3 Å². The second kappa shape index (κ2) is 7.79. The highest BCUT2D eigenvalue weighted by molar-refractivity contribution is 6.30. The molecule has 0 unspecified atom stereocenters. The third-order valence-corrected chi connectivity index (χ3v) is 4.35. The summed E-state index contributed by atoms with van der Waals surface area (Å²) >= 11 is 5.93. The molecule has 0 aromatic heterocycles. The van der Waals surface area contributed by atoms with Gasteiger partial charge < -0.3 is 15.4 Å². The van der Waals surface area contributed by atoms with E-state index >= 15 is 0 Å². The van der Waals surface area contributed by atoms with Crippen LogP contribution < -0.4 is 15.4 Å². The van der Waals surface area contributed by atoms with Gasteiger partial charge in [0.25, 0.3) is 11.8 Å². The Hall–Kier alpha value is -2.53. The number of ether oxygens (including phenoxy) is 1. The van der Waals surface area contributed by atoms with Gasteiger partial charge in [-0.2, -0.15) is 0 Å². The summed E-state index contributed by atoms with van der Waals surface area (Å²) in [7, 11) is 0. The van der Waals surface area contributed by atoms with Crippen LogP contribution in [0.15, 0.2) is 42.5 Å². The Bertz CT molecular complexity index is 834. The van der Waals surface area contributed by atoms with Crippen molar-refractivity contribution in [1.82, 2.24) is 5.32 Å². The van der Waals surface area contributed by atoms with Gasteiger partial charge >= 0.3 is 0 Å². The van der Waals surface area contributed by atoms with Gasteiger partial charge in [-0.1, -0.05) is 17.7 Å². The van der Waals surface area contributed by atoms with Crippen molar-refractivity contribution < 1.29 is 14.3 Å². The topological polar surface area (TPSA) is 67.4 Å². The van der Waals surface area contributed by atoms with Crippen LogP contribution in [0.3, 0.4) is 0 Å². The van der Waals surface area contributed by atoms with Crippen LogP contribution in [0, 0.1) is 6.92 Å². The van der Waals surface area contributed by atoms with Crippen LogP contribution in [0.5, 0.6) is 5.75 Å². The molecule has 0 saturated heterocycles. The van der Waals surface area contributed by atoms with E-state index in [1.807, 2.05) is 6.92 Å². The first kappa shape index (κ1) is 18.3. The molecule has 0 bridgehead atoms. The molecule has 3 rings (SSSR count). The predicted octanol–water partition coefficient (Wildman–Crippen LogP) is 3.95. The summed E-state index contributed by atoms with van der Waals surface area (Å²) in [6.07, 6.45) is 1.36. The highest BCUT2D eigenvalue weighted by atomic mass is 35.5. The van der Waals surface area contributed by atoms with Gasteiger partial charge in [-0.05, 0) is 68.7 Å². The number of aryl methyl sites for hydroxylation is 1. The third-order valence-electron chi connectivity index (χ3n) is 4.11. The fourth-order valence-electron chi connectivity index (χ4n) is 2.47. The van der Waals surface area contributed by atoms with E-state index in [0.29, 0.717) is 22.0 Å². The number of hydrogen-bond acceptors (Lipinski definition) is 3. The van der Waals surface area contributed by atoms with Gasteiger partial charge in [0.1, 0.15) is 5.75 Å². The minimum atomic E-state index is -0.696. The van der Waals surface area contributed by atoms with E-state index in [4.69, 9.17) is 16.3 Å². The lowest BCUT2D eigenvalue weighted by Crippen LogP contribution is -2.30. The summed E-state index contributed by atoms with van der Waals surface area (Å²) in [5.41, 5.74) is 1.94. The van der Waals surface area contributed by atoms with Crippen LogP contribution in [-0.2, 0) is 4.79 Å². The molecule has 2 aromatic carbocycles. The summed E-state index contributed by atoms with van der Waals surface area (Å²) in [6.45, 7) is 3.54. The van der Waals surface area contributed by atoms with Gasteiger partial charge in [0.15, 0.2) is 6.10 Å². The molecule has 0 heterocycles. The molecule has 0 radical (unpaired) electrons. The molecule has 1 fully saturated rings. The van der Waals surface area contributed by atoms with Gasteiger partial charge in [0.2, 0.25) is 0 Å². The summed E-state index contributed by atoms with van der Waals surface area (Å²) in [5, 5.41) is 6.34. The Morgan fingerprint density at radius 3 is 2.65 bits per heavy atom. The van der Waals surface area contributed by atoms with Crippen molar-refractivity contribution in [1.29, 1.82) is 0 Å². The lowest BCUT2D eigenvalue weighted by molar-refractivity contribution is -0.122. The largest absolute Gasteiger partial charge is 0.481 e. The highest BCUT2D eigenvalue weighted by Gasteiger charge is 2.24. The van der Waals surface area contributed by atoms with Gasteiger partial charge in [-0.15, -0.1) is 0 Å². The zero-order chi connectivity index (χ0) is 18.7. The number of benzene rings is 2. The van der Waals surface area contributed by atoms with Gasteiger partial charge in [0.05, 0.1) is 0 Å². The first-order valence-electron chi connectivity index (χ1n) is 8.57. The Morgan fingerprint density at radius 1 is 1.19 bits per heavy atom. The van der Waals surface area contributed by atoms with Crippen molar-refractivity contribution in [2.45, 2.75) is 38.8 Å². The Labute approximate surface area is 157 Å². The summed E-state index contributed by atoms with van der Waals surface area (Å²) in [5.74, 6) is 0.193. The molecule has 1 aliphatic rings. The smallest absolute Gasteiger partial charge is 0.265 e. The van der Waals surface area contributed by atoms with E-state index < -0.39 is 6.10 Å². The van der Waals surface area contributed by atoms with Crippen molar-refractivity contribution in [3.8, 4) is 5.75 Å². The molecular weight excluding hydrogens is 352 g/mol. The average Bonchev–Trinajstić information content (AvgIpc) is 3.41. The molecule has 6 heteroatoms. The fraction of sp³-hybridized carbons (Fsp3) is 0.300. The Morgan fingerprint density at radius 2 is 1.96 bits per heavy atom. The van der Waals surface area contributed by atoms with Crippen molar-refractivity contribution in [3.05, 3.63) is 58.6 Å². The number of amides is 2. The van der Waals surface area contributed by atoms with Crippen molar-refractivity contribution in [2.75, 3.05) is 5.32 Å². The number of hydrogen-bond donors (Lipinski definition) is 2. The van der Waals surface area contributed by atoms with Gasteiger partial charge in [-0.3, -0.25) is 9.59 Å². The first-order chi connectivity index (χ1) is 12.4. The van der Waals surface area contributed by atoms with Gasteiger partial charge in [-0.25, -0.2) is 0 Å². The van der Waals surface area contributed by atoms with Crippen molar-refractivity contribution in [3.63, 3.8) is 0 Å². The number of carbonyl (C=O) groups excluding carboxylic acids is 2. The lowest BCUT2D eigenvalue weighted by atomic mass is 10.2. The zero-order valence-electron chi connectivity index (χ0n) is 14.7. The van der Waals surface area contributed by atoms with Crippen molar-refractivity contribution in [2.24, 2.45) is 0 Å². The van der Waals surface area contributed by atoms with E-state index in [9.17, 15) is 9.59 Å². The summed E-state index contributed by atoms with van der Waals surface area (Å²) < 4.78 is 5.72. The second-order valence-electron chi connectivity index (χ2n) is 6.49. The highest BCUT2D eigenvalue weighted by Crippen LogP contribution is 2.23. The quantitative estimate of drug-likeness (QED) is 0.806. The first-order valence-corrected chi connectivity index (χ1v) is 8.95. The summed E-state index contributed by atoms with van der Waals surface area (Å²) in [6, 6.07) is 12.4. The van der Waals surface area contributed by atoms with E-state index in [0.717, 1.165) is 18.4 Å². The van der Waals surface area contributed by atoms with E-state index in [-0.39, 0.29) is 17.9 Å². The molecule has 1 saturated carbocycles. The molecule has 5 nitrogen and oxygen atoms in total. The molecule has 26 heavy (non-hydrogen) atoms. The van der Waals surface area contributed by atoms with Crippen LogP contribution in [0.4, 0.5) is 5.69 Å². The summed E-state index contributed by atoms with van der Waals surface area (Å²) in [4.78, 5) is 24.5. The van der Waals surface area contributed by atoms with Crippen LogP contribution in [0.25, 0.3) is 0 Å². The van der Waals surface area contributed by atoms with Crippen molar-refractivity contribution >= 4 is 29.1 Å². The van der Waals surface area contributed by atoms with Crippen LogP contribution in [-0.4, -0.2) is 24.0 Å². The van der Waals surface area contributed by atoms with E-state index in [1.165, 1.54) is 0 Å². The maximum absolute atomic E-state index is 12.4. The maximum Gasteiger partial charge on any atom is 0.265 e. The molecule has 1 atom stereocenters. The average molecular weight is 373 g/mol. The van der Waals surface area contributed by atoms with Crippen LogP contribution in [0.1, 0.15) is 35.7 Å². The Balaban J connectivity index is 1.62. The normalized spacial score (nSPS) is 14.4. The molecule has 0 spiro atoms. The second-order valence-corrected chi connectivity index (χ2v) is 6.92. The molecule has 2 N–H and O–H groups in total. The molecule has 2 amide bonds. The van der Waals surface area contributed by atoms with E-state index in [1.54, 1.807) is 49.4 Å². The SMILES string of the molecule is Cc1cc(Cl)ccc1O[C@H](C)C(=O)Nc1cccc(C(=O)NC2CC2)c1. The molecule has 1 aliphatic carbocycles. The van der Waals surface area contributed by atoms with Crippen LogP contribution in [0.2, 0.25) is 5.02 Å². The minimum Gasteiger partial charge on any atom is -0.481 e. The van der Waals surface area contributed by atoms with Crippen LogP contribution >= 0.6 is 11.6 Å². The molecule has 0 aliphatic heterocycles. The minimum absolute atomic E-state index is 0.121. The number of carbonyl (C=O) groups is 2. The lowest BCUT2D eigenvalue weighted by Gasteiger charge is -2.16. The number of anilines is 1. The number of nitrogens with one attached hydrogen (secondary N) is 2. The predicted molar refractivity (Wildman–Crippen MR) is 102 cm³/mol. The molecule has 136 valence electrons. The number of halogens is 1. The third kappa shape index (κ3) is 4.76. The molecular formula is C20H21ClN2O3. The molecule has 2 aromatic rings. The zero-order valence-corrected chi connectivity index (χ0v) is 15.5.